The fourth-order valence-electron chi connectivity index (χ4n) is 3.40. The number of benzene rings is 2. The Bertz CT molecular complexity index is 963. The van der Waals surface area contributed by atoms with Crippen LogP contribution in [0.4, 0.5) is 0 Å². The Morgan fingerprint density at radius 3 is 2.35 bits per heavy atom. The maximum atomic E-state index is 11.6. The van der Waals surface area contributed by atoms with Crippen molar-refractivity contribution in [2.75, 3.05) is 26.9 Å². The average molecular weight is 465 g/mol. The van der Waals surface area contributed by atoms with E-state index in [1.54, 1.807) is 19.5 Å². The highest BCUT2D eigenvalue weighted by atomic mass is 16.6. The van der Waals surface area contributed by atoms with E-state index in [4.69, 9.17) is 20.3 Å². The van der Waals surface area contributed by atoms with Crippen molar-refractivity contribution in [3.8, 4) is 11.1 Å². The first kappa shape index (κ1) is 27.0. The number of carbonyl (C=O) groups is 1. The van der Waals surface area contributed by atoms with Crippen LogP contribution in [-0.2, 0) is 20.7 Å². The summed E-state index contributed by atoms with van der Waals surface area (Å²) in [6.07, 6.45) is 6.79. The van der Waals surface area contributed by atoms with Gasteiger partial charge in [0.15, 0.2) is 0 Å². The van der Waals surface area contributed by atoms with Crippen LogP contribution in [0.1, 0.15) is 37.3 Å². The molecule has 3 N–H and O–H groups in total. The molecule has 0 heterocycles. The Morgan fingerprint density at radius 2 is 1.79 bits per heavy atom. The predicted octanol–water partition coefficient (Wildman–Crippen LogP) is 4.56. The highest BCUT2D eigenvalue weighted by molar-refractivity contribution is 6.09. The van der Waals surface area contributed by atoms with Gasteiger partial charge in [0, 0.05) is 31.6 Å². The number of ether oxygens (including phenoxy) is 2. The quantitative estimate of drug-likeness (QED) is 0.185. The minimum Gasteiger partial charge on any atom is -0.460 e. The van der Waals surface area contributed by atoms with Crippen molar-refractivity contribution in [3.63, 3.8) is 0 Å². The zero-order chi connectivity index (χ0) is 24.8. The number of aliphatic hydroxyl groups is 1. The largest absolute Gasteiger partial charge is 0.460 e. The SMILES string of the molecule is C=C(CO)C(=O)OCC(CCC/N=C\C(=C/N)c1ccc(-c2ccc(CCC)cc2)cc1)OC. The summed E-state index contributed by atoms with van der Waals surface area (Å²) in [5.74, 6) is -0.611. The third-order valence-electron chi connectivity index (χ3n) is 5.48. The average Bonchev–Trinajstić information content (AvgIpc) is 2.88. The molecule has 0 aliphatic heterocycles. The van der Waals surface area contributed by atoms with Crippen molar-refractivity contribution in [2.24, 2.45) is 10.7 Å². The fourth-order valence-corrected chi connectivity index (χ4v) is 3.40. The molecule has 0 aliphatic carbocycles. The molecule has 1 unspecified atom stereocenters. The molecule has 0 saturated heterocycles. The van der Waals surface area contributed by atoms with E-state index in [9.17, 15) is 4.79 Å². The molecule has 0 bridgehead atoms. The molecular formula is C28H36N2O4. The Kier molecular flexibility index (Phi) is 11.8. The zero-order valence-electron chi connectivity index (χ0n) is 20.2. The van der Waals surface area contributed by atoms with Gasteiger partial charge in [0.25, 0.3) is 0 Å². The number of aliphatic imine (C=N–C) groups is 1. The second-order valence-corrected chi connectivity index (χ2v) is 8.04. The molecule has 2 aromatic carbocycles. The summed E-state index contributed by atoms with van der Waals surface area (Å²) in [5.41, 5.74) is 11.4. The van der Waals surface area contributed by atoms with E-state index in [-0.39, 0.29) is 18.3 Å². The van der Waals surface area contributed by atoms with Gasteiger partial charge in [-0.3, -0.25) is 4.99 Å². The molecule has 0 fully saturated rings. The van der Waals surface area contributed by atoms with Gasteiger partial charge >= 0.3 is 5.97 Å². The normalized spacial score (nSPS) is 12.6. The summed E-state index contributed by atoms with van der Waals surface area (Å²) < 4.78 is 10.4. The maximum absolute atomic E-state index is 11.6. The lowest BCUT2D eigenvalue weighted by molar-refractivity contribution is -0.143. The Hall–Kier alpha value is -3.22. The molecule has 0 aromatic heterocycles. The molecule has 34 heavy (non-hydrogen) atoms. The van der Waals surface area contributed by atoms with E-state index in [2.05, 4.69) is 67.0 Å². The Balaban J connectivity index is 1.84. The summed E-state index contributed by atoms with van der Waals surface area (Å²) in [6.45, 7) is 5.92. The summed E-state index contributed by atoms with van der Waals surface area (Å²) >= 11 is 0. The van der Waals surface area contributed by atoms with Crippen molar-refractivity contribution < 1.29 is 19.4 Å². The molecule has 182 valence electrons. The van der Waals surface area contributed by atoms with Crippen LogP contribution in [0.25, 0.3) is 16.7 Å². The molecule has 0 aliphatic rings. The first-order valence-electron chi connectivity index (χ1n) is 11.6. The van der Waals surface area contributed by atoms with Gasteiger partial charge in [0.05, 0.1) is 18.3 Å². The summed E-state index contributed by atoms with van der Waals surface area (Å²) in [4.78, 5) is 16.1. The number of rotatable bonds is 14. The van der Waals surface area contributed by atoms with E-state index in [0.717, 1.165) is 36.0 Å². The second-order valence-electron chi connectivity index (χ2n) is 8.04. The standard InChI is InChI=1S/C28H36N2O4/c1-4-6-22-8-10-23(11-9-22)24-12-14-25(15-13-24)26(17-29)18-30-16-5-7-27(33-3)20-34-28(32)21(2)19-31/h8-15,17-18,27,31H,2,4-7,16,19-20,29H2,1,3H3/b26-17+,30-18-. The summed E-state index contributed by atoms with van der Waals surface area (Å²) in [5, 5.41) is 8.91. The molecule has 0 amide bonds. The number of aliphatic hydroxyl groups excluding tert-OH is 1. The minimum atomic E-state index is -0.611. The second kappa shape index (κ2) is 14.8. The van der Waals surface area contributed by atoms with E-state index < -0.39 is 12.6 Å². The van der Waals surface area contributed by atoms with Gasteiger partial charge in [-0.25, -0.2) is 4.79 Å². The Morgan fingerprint density at radius 1 is 1.15 bits per heavy atom. The van der Waals surface area contributed by atoms with Gasteiger partial charge in [-0.15, -0.1) is 0 Å². The summed E-state index contributed by atoms with van der Waals surface area (Å²) in [6, 6.07) is 17.0. The molecule has 6 nitrogen and oxygen atoms in total. The van der Waals surface area contributed by atoms with Crippen molar-refractivity contribution in [2.45, 2.75) is 38.7 Å². The molecule has 2 rings (SSSR count). The number of carbonyl (C=O) groups excluding carboxylic acids is 1. The molecule has 0 spiro atoms. The van der Waals surface area contributed by atoms with Crippen LogP contribution in [0.5, 0.6) is 0 Å². The van der Waals surface area contributed by atoms with Crippen LogP contribution in [-0.4, -0.2) is 50.3 Å². The number of allylic oxidation sites excluding steroid dienone is 1. The predicted molar refractivity (Wildman–Crippen MR) is 139 cm³/mol. The van der Waals surface area contributed by atoms with Gasteiger partial charge in [-0.05, 0) is 41.5 Å². The van der Waals surface area contributed by atoms with Crippen molar-refractivity contribution in [1.29, 1.82) is 0 Å². The maximum Gasteiger partial charge on any atom is 0.335 e. The third kappa shape index (κ3) is 8.61. The van der Waals surface area contributed by atoms with Crippen molar-refractivity contribution in [3.05, 3.63) is 78.0 Å². The topological polar surface area (TPSA) is 94.1 Å². The number of nitrogens with two attached hydrogens (primary N) is 1. The Labute approximate surface area is 202 Å². The number of methoxy groups -OCH3 is 1. The van der Waals surface area contributed by atoms with Crippen LogP contribution in [0, 0.1) is 0 Å². The number of aryl methyl sites for hydroxylation is 1. The zero-order valence-corrected chi connectivity index (χ0v) is 20.2. The smallest absolute Gasteiger partial charge is 0.335 e. The van der Waals surface area contributed by atoms with Crippen molar-refractivity contribution >= 4 is 17.8 Å². The van der Waals surface area contributed by atoms with Crippen molar-refractivity contribution in [1.82, 2.24) is 0 Å². The molecular weight excluding hydrogens is 428 g/mol. The molecule has 0 radical (unpaired) electrons. The van der Waals surface area contributed by atoms with Gasteiger partial charge in [-0.2, -0.15) is 0 Å². The van der Waals surface area contributed by atoms with E-state index in [0.29, 0.717) is 13.0 Å². The lowest BCUT2D eigenvalue weighted by Crippen LogP contribution is -2.22. The third-order valence-corrected chi connectivity index (χ3v) is 5.48. The monoisotopic (exact) mass is 464 g/mol. The van der Waals surface area contributed by atoms with Gasteiger partial charge in [-0.1, -0.05) is 68.5 Å². The highest BCUT2D eigenvalue weighted by Crippen LogP contribution is 2.23. The van der Waals surface area contributed by atoms with Crippen LogP contribution in [0.2, 0.25) is 0 Å². The number of nitrogens with zero attached hydrogens (tertiary/aromatic N) is 1. The van der Waals surface area contributed by atoms with Crippen LogP contribution >= 0.6 is 0 Å². The minimum absolute atomic E-state index is 0.0264. The van der Waals surface area contributed by atoms with Gasteiger partial charge < -0.3 is 20.3 Å². The lowest BCUT2D eigenvalue weighted by atomic mass is 9.99. The lowest BCUT2D eigenvalue weighted by Gasteiger charge is -2.15. The van der Waals surface area contributed by atoms with Gasteiger partial charge in [0.2, 0.25) is 0 Å². The molecule has 1 atom stereocenters. The summed E-state index contributed by atoms with van der Waals surface area (Å²) in [7, 11) is 1.57. The van der Waals surface area contributed by atoms with Crippen LogP contribution in [0.15, 0.2) is 71.9 Å². The van der Waals surface area contributed by atoms with Crippen LogP contribution in [0.3, 0.4) is 0 Å². The molecule has 2 aromatic rings. The van der Waals surface area contributed by atoms with E-state index in [1.165, 1.54) is 11.1 Å². The van der Waals surface area contributed by atoms with E-state index >= 15 is 0 Å². The first-order chi connectivity index (χ1) is 16.5. The van der Waals surface area contributed by atoms with Crippen LogP contribution < -0.4 is 5.73 Å². The highest BCUT2D eigenvalue weighted by Gasteiger charge is 2.13. The molecule has 0 saturated carbocycles. The first-order valence-corrected chi connectivity index (χ1v) is 11.6. The fraction of sp³-hybridized carbons (Fsp3) is 0.357. The van der Waals surface area contributed by atoms with E-state index in [1.807, 2.05) is 0 Å². The number of hydrogen-bond donors (Lipinski definition) is 2. The number of esters is 1. The number of hydrogen-bond acceptors (Lipinski definition) is 6. The van der Waals surface area contributed by atoms with Gasteiger partial charge in [0.1, 0.15) is 6.61 Å². The molecule has 6 heteroatoms.